The average molecular weight is 280 g/mol. The fraction of sp³-hybridized carbons (Fsp3) is 0.286. The monoisotopic (exact) mass is 280 g/mol. The summed E-state index contributed by atoms with van der Waals surface area (Å²) < 4.78 is 13.7. The van der Waals surface area contributed by atoms with Crippen LogP contribution < -0.4 is 5.32 Å². The van der Waals surface area contributed by atoms with Gasteiger partial charge in [-0.2, -0.15) is 0 Å². The van der Waals surface area contributed by atoms with Crippen molar-refractivity contribution in [3.8, 4) is 0 Å². The molecule has 0 aliphatic heterocycles. The Balaban J connectivity index is 2.82. The first-order chi connectivity index (χ1) is 9.47. The molecule has 1 aromatic rings. The van der Waals surface area contributed by atoms with E-state index in [9.17, 15) is 14.0 Å². The molecular weight excluding hydrogens is 263 g/mol. The van der Waals surface area contributed by atoms with Crippen molar-refractivity contribution in [2.24, 2.45) is 0 Å². The molecule has 2 N–H and O–H groups in total. The molecule has 0 unspecified atom stereocenters. The Hall–Kier alpha value is -2.37. The summed E-state index contributed by atoms with van der Waals surface area (Å²) in [6.45, 7) is 4.82. The van der Waals surface area contributed by atoms with Crippen LogP contribution in [0.1, 0.15) is 19.4 Å². The molecule has 0 spiro atoms. The number of rotatable bonds is 5. The summed E-state index contributed by atoms with van der Waals surface area (Å²) in [4.78, 5) is 23.7. The van der Waals surface area contributed by atoms with Crippen LogP contribution in [0.5, 0.6) is 0 Å². The molecule has 0 aromatic heterocycles. The lowest BCUT2D eigenvalue weighted by molar-refractivity contribution is -0.131. The molecular formula is C14H17FN2O3. The Morgan fingerprint density at radius 2 is 2.00 bits per heavy atom. The minimum atomic E-state index is -1.15. The number of urea groups is 1. The van der Waals surface area contributed by atoms with Gasteiger partial charge >= 0.3 is 12.0 Å². The summed E-state index contributed by atoms with van der Waals surface area (Å²) in [5.41, 5.74) is 0.472. The lowest BCUT2D eigenvalue weighted by Gasteiger charge is -2.19. The fourth-order valence-electron chi connectivity index (χ4n) is 1.61. The summed E-state index contributed by atoms with van der Waals surface area (Å²) in [6, 6.07) is 3.78. The number of benzene rings is 1. The fourth-order valence-corrected chi connectivity index (χ4v) is 1.61. The molecule has 108 valence electrons. The van der Waals surface area contributed by atoms with E-state index in [-0.39, 0.29) is 11.6 Å². The highest BCUT2D eigenvalue weighted by Gasteiger charge is 2.10. The number of anilines is 1. The van der Waals surface area contributed by atoms with Crippen molar-refractivity contribution in [3.63, 3.8) is 0 Å². The second-order valence-electron chi connectivity index (χ2n) is 4.01. The first-order valence-electron chi connectivity index (χ1n) is 6.24. The highest BCUT2D eigenvalue weighted by molar-refractivity contribution is 5.89. The maximum atomic E-state index is 13.7. The highest BCUT2D eigenvalue weighted by Crippen LogP contribution is 2.16. The molecule has 6 heteroatoms. The Labute approximate surface area is 116 Å². The number of carboxylic acids is 1. The average Bonchev–Trinajstić information content (AvgIpc) is 2.39. The first kappa shape index (κ1) is 15.7. The zero-order chi connectivity index (χ0) is 15.1. The van der Waals surface area contributed by atoms with Gasteiger partial charge in [-0.15, -0.1) is 0 Å². The SMILES string of the molecule is CCN(CC)C(=O)Nc1ccc(C=CC(=O)O)c(F)c1. The van der Waals surface area contributed by atoms with Crippen molar-refractivity contribution >= 4 is 23.8 Å². The molecule has 0 heterocycles. The molecule has 0 saturated heterocycles. The predicted octanol–water partition coefficient (Wildman–Crippen LogP) is 2.80. The number of carbonyl (C=O) groups excluding carboxylic acids is 1. The number of carbonyl (C=O) groups is 2. The number of aliphatic carboxylic acids is 1. The van der Waals surface area contributed by atoms with Crippen LogP contribution in [0.15, 0.2) is 24.3 Å². The van der Waals surface area contributed by atoms with E-state index in [1.165, 1.54) is 12.1 Å². The van der Waals surface area contributed by atoms with E-state index in [1.807, 2.05) is 13.8 Å². The van der Waals surface area contributed by atoms with Gasteiger partial charge in [-0.25, -0.2) is 14.0 Å². The normalized spacial score (nSPS) is 10.6. The quantitative estimate of drug-likeness (QED) is 0.815. The number of nitrogens with zero attached hydrogens (tertiary/aromatic N) is 1. The van der Waals surface area contributed by atoms with Gasteiger partial charge in [-0.05, 0) is 38.1 Å². The molecule has 0 radical (unpaired) electrons. The van der Waals surface area contributed by atoms with Crippen molar-refractivity contribution < 1.29 is 19.1 Å². The number of hydrogen-bond donors (Lipinski definition) is 2. The number of nitrogens with one attached hydrogen (secondary N) is 1. The van der Waals surface area contributed by atoms with E-state index >= 15 is 0 Å². The smallest absolute Gasteiger partial charge is 0.328 e. The summed E-state index contributed by atoms with van der Waals surface area (Å²) in [5.74, 6) is -1.75. The highest BCUT2D eigenvalue weighted by atomic mass is 19.1. The second-order valence-corrected chi connectivity index (χ2v) is 4.01. The second kappa shape index (κ2) is 7.28. The molecule has 1 rings (SSSR count). The van der Waals surface area contributed by atoms with Gasteiger partial charge in [0.1, 0.15) is 5.82 Å². The lowest BCUT2D eigenvalue weighted by atomic mass is 10.2. The van der Waals surface area contributed by atoms with Crippen molar-refractivity contribution in [1.82, 2.24) is 4.90 Å². The molecule has 20 heavy (non-hydrogen) atoms. The van der Waals surface area contributed by atoms with E-state index < -0.39 is 11.8 Å². The minimum Gasteiger partial charge on any atom is -0.478 e. The van der Waals surface area contributed by atoms with E-state index in [4.69, 9.17) is 5.11 Å². The van der Waals surface area contributed by atoms with Crippen LogP contribution >= 0.6 is 0 Å². The van der Waals surface area contributed by atoms with Gasteiger partial charge in [0.15, 0.2) is 0 Å². The summed E-state index contributed by atoms with van der Waals surface area (Å²) in [5, 5.41) is 11.1. The predicted molar refractivity (Wildman–Crippen MR) is 75.0 cm³/mol. The van der Waals surface area contributed by atoms with E-state index in [0.717, 1.165) is 18.2 Å². The van der Waals surface area contributed by atoms with E-state index in [0.29, 0.717) is 18.8 Å². The van der Waals surface area contributed by atoms with E-state index in [1.54, 1.807) is 4.90 Å². The Kier molecular flexibility index (Phi) is 5.71. The summed E-state index contributed by atoms with van der Waals surface area (Å²) in [7, 11) is 0. The Morgan fingerprint density at radius 3 is 2.50 bits per heavy atom. The summed E-state index contributed by atoms with van der Waals surface area (Å²) in [6.07, 6.45) is 2.01. The van der Waals surface area contributed by atoms with Gasteiger partial charge in [0.05, 0.1) is 0 Å². The van der Waals surface area contributed by atoms with Crippen LogP contribution in [0.25, 0.3) is 6.08 Å². The minimum absolute atomic E-state index is 0.147. The molecule has 0 saturated carbocycles. The lowest BCUT2D eigenvalue weighted by Crippen LogP contribution is -2.34. The maximum Gasteiger partial charge on any atom is 0.328 e. The van der Waals surface area contributed by atoms with Gasteiger partial charge in [-0.1, -0.05) is 0 Å². The third kappa shape index (κ3) is 4.38. The van der Waals surface area contributed by atoms with Gasteiger partial charge in [0, 0.05) is 30.4 Å². The first-order valence-corrected chi connectivity index (χ1v) is 6.24. The third-order valence-corrected chi connectivity index (χ3v) is 2.71. The largest absolute Gasteiger partial charge is 0.478 e. The number of amides is 2. The molecule has 0 atom stereocenters. The van der Waals surface area contributed by atoms with Gasteiger partial charge in [-0.3, -0.25) is 0 Å². The zero-order valence-corrected chi connectivity index (χ0v) is 11.4. The third-order valence-electron chi connectivity index (χ3n) is 2.71. The van der Waals surface area contributed by atoms with Crippen LogP contribution in [0.2, 0.25) is 0 Å². The van der Waals surface area contributed by atoms with Crippen molar-refractivity contribution in [2.75, 3.05) is 18.4 Å². The van der Waals surface area contributed by atoms with Gasteiger partial charge in [0.25, 0.3) is 0 Å². The van der Waals surface area contributed by atoms with Crippen LogP contribution in [-0.2, 0) is 4.79 Å². The van der Waals surface area contributed by atoms with Crippen LogP contribution in [0.3, 0.4) is 0 Å². The Bertz CT molecular complexity index is 525. The molecule has 0 fully saturated rings. The number of halogens is 1. The molecule has 0 aliphatic carbocycles. The van der Waals surface area contributed by atoms with Crippen LogP contribution in [0.4, 0.5) is 14.9 Å². The molecule has 5 nitrogen and oxygen atoms in total. The molecule has 2 amide bonds. The molecule has 0 aliphatic rings. The Morgan fingerprint density at radius 1 is 1.35 bits per heavy atom. The van der Waals surface area contributed by atoms with Crippen molar-refractivity contribution in [1.29, 1.82) is 0 Å². The van der Waals surface area contributed by atoms with Crippen LogP contribution in [-0.4, -0.2) is 35.1 Å². The molecule has 1 aromatic carbocycles. The van der Waals surface area contributed by atoms with E-state index in [2.05, 4.69) is 5.32 Å². The number of carboxylic acid groups (broad SMARTS) is 1. The molecule has 0 bridgehead atoms. The zero-order valence-electron chi connectivity index (χ0n) is 11.4. The standard InChI is InChI=1S/C14H17FN2O3/c1-3-17(4-2)14(20)16-11-7-5-10(12(15)9-11)6-8-13(18)19/h5-9H,3-4H2,1-2H3,(H,16,20)(H,18,19). The summed E-state index contributed by atoms with van der Waals surface area (Å²) >= 11 is 0. The van der Waals surface area contributed by atoms with Crippen LogP contribution in [0, 0.1) is 5.82 Å². The topological polar surface area (TPSA) is 69.6 Å². The van der Waals surface area contributed by atoms with Crippen molar-refractivity contribution in [3.05, 3.63) is 35.7 Å². The number of hydrogen-bond acceptors (Lipinski definition) is 2. The van der Waals surface area contributed by atoms with Gasteiger partial charge < -0.3 is 15.3 Å². The van der Waals surface area contributed by atoms with Gasteiger partial charge in [0.2, 0.25) is 0 Å². The maximum absolute atomic E-state index is 13.7. The van der Waals surface area contributed by atoms with Crippen molar-refractivity contribution in [2.45, 2.75) is 13.8 Å².